The fourth-order valence-corrected chi connectivity index (χ4v) is 3.82. The molecule has 3 rings (SSSR count). The number of nitrogens with two attached hydrogens (primary N) is 1. The maximum absolute atomic E-state index is 6.06. The van der Waals surface area contributed by atoms with E-state index in [2.05, 4.69) is 24.8 Å². The molecule has 2 aliphatic rings. The molecule has 3 unspecified atom stereocenters. The predicted octanol–water partition coefficient (Wildman–Crippen LogP) is 3.12. The molecule has 2 fully saturated rings. The quantitative estimate of drug-likeness (QED) is 0.856. The van der Waals surface area contributed by atoms with E-state index in [4.69, 9.17) is 10.5 Å². The van der Waals surface area contributed by atoms with Crippen molar-refractivity contribution in [1.82, 2.24) is 0 Å². The van der Waals surface area contributed by atoms with E-state index < -0.39 is 0 Å². The van der Waals surface area contributed by atoms with Crippen LogP contribution in [-0.4, -0.2) is 13.2 Å². The van der Waals surface area contributed by atoms with E-state index in [1.54, 1.807) is 0 Å². The molecule has 1 aromatic carbocycles. The lowest BCUT2D eigenvalue weighted by Gasteiger charge is -2.22. The number of benzene rings is 1. The van der Waals surface area contributed by atoms with Gasteiger partial charge in [-0.3, -0.25) is 0 Å². The van der Waals surface area contributed by atoms with Crippen molar-refractivity contribution in [3.63, 3.8) is 0 Å². The van der Waals surface area contributed by atoms with Gasteiger partial charge in [0.1, 0.15) is 5.75 Å². The Hall–Kier alpha value is -1.46. The highest BCUT2D eigenvalue weighted by Crippen LogP contribution is 2.48. The highest BCUT2D eigenvalue weighted by molar-refractivity contribution is 5.43. The first-order chi connectivity index (χ1) is 9.76. The molecule has 3 atom stereocenters. The second-order valence-electron chi connectivity index (χ2n) is 6.23. The number of rotatable bonds is 3. The van der Waals surface area contributed by atoms with E-state index in [0.717, 1.165) is 41.2 Å². The van der Waals surface area contributed by atoms with Crippen LogP contribution in [0.4, 0.5) is 0 Å². The standard InChI is InChI=1S/C18H23NO/c1-13-9-14(3-2-8-19)5-7-18(13)20-12-17-11-15-4-6-16(17)10-15/h5,7,9,15-17H,4,6,8,10-12,19H2,1H3. The van der Waals surface area contributed by atoms with Crippen LogP contribution in [0.3, 0.4) is 0 Å². The normalized spacial score (nSPS) is 27.2. The zero-order chi connectivity index (χ0) is 13.9. The van der Waals surface area contributed by atoms with Gasteiger partial charge < -0.3 is 10.5 Å². The molecule has 0 aromatic heterocycles. The van der Waals surface area contributed by atoms with E-state index in [-0.39, 0.29) is 0 Å². The summed E-state index contributed by atoms with van der Waals surface area (Å²) in [6.45, 7) is 3.38. The molecule has 2 nitrogen and oxygen atoms in total. The minimum atomic E-state index is 0.404. The molecule has 2 aliphatic carbocycles. The Morgan fingerprint density at radius 2 is 2.20 bits per heavy atom. The third kappa shape index (κ3) is 2.83. The highest BCUT2D eigenvalue weighted by atomic mass is 16.5. The number of ether oxygens (including phenoxy) is 1. The summed E-state index contributed by atoms with van der Waals surface area (Å²) in [5.41, 5.74) is 7.57. The Morgan fingerprint density at radius 3 is 2.85 bits per heavy atom. The van der Waals surface area contributed by atoms with Crippen molar-refractivity contribution in [2.75, 3.05) is 13.2 Å². The Bertz CT molecular complexity index is 540. The summed E-state index contributed by atoms with van der Waals surface area (Å²) in [5, 5.41) is 0. The monoisotopic (exact) mass is 269 g/mol. The van der Waals surface area contributed by atoms with Gasteiger partial charge in [-0.25, -0.2) is 0 Å². The van der Waals surface area contributed by atoms with E-state index in [1.807, 2.05) is 12.1 Å². The molecule has 2 N–H and O–H groups in total. The van der Waals surface area contributed by atoms with Crippen LogP contribution in [0, 0.1) is 36.5 Å². The van der Waals surface area contributed by atoms with Gasteiger partial charge >= 0.3 is 0 Å². The average Bonchev–Trinajstić information content (AvgIpc) is 3.06. The van der Waals surface area contributed by atoms with Crippen molar-refractivity contribution in [3.8, 4) is 17.6 Å². The van der Waals surface area contributed by atoms with Crippen LogP contribution in [0.15, 0.2) is 18.2 Å². The van der Waals surface area contributed by atoms with Crippen molar-refractivity contribution in [2.45, 2.75) is 32.6 Å². The first kappa shape index (κ1) is 13.5. The fraction of sp³-hybridized carbons (Fsp3) is 0.556. The lowest BCUT2D eigenvalue weighted by Crippen LogP contribution is -2.18. The molecule has 0 saturated heterocycles. The van der Waals surface area contributed by atoms with Crippen molar-refractivity contribution >= 4 is 0 Å². The van der Waals surface area contributed by atoms with E-state index in [0.29, 0.717) is 6.54 Å². The second kappa shape index (κ2) is 5.89. The number of hydrogen-bond acceptors (Lipinski definition) is 2. The Kier molecular flexibility index (Phi) is 3.98. The SMILES string of the molecule is Cc1cc(C#CCN)ccc1OCC1CC2CCC1C2. The Balaban J connectivity index is 1.60. The van der Waals surface area contributed by atoms with Gasteiger partial charge in [0, 0.05) is 5.56 Å². The summed E-state index contributed by atoms with van der Waals surface area (Å²) in [5.74, 6) is 9.65. The highest BCUT2D eigenvalue weighted by Gasteiger charge is 2.39. The van der Waals surface area contributed by atoms with Gasteiger partial charge in [-0.05, 0) is 67.7 Å². The maximum atomic E-state index is 6.06. The summed E-state index contributed by atoms with van der Waals surface area (Å²) < 4.78 is 6.06. The molecular weight excluding hydrogens is 246 g/mol. The zero-order valence-electron chi connectivity index (χ0n) is 12.2. The smallest absolute Gasteiger partial charge is 0.122 e. The molecule has 2 heteroatoms. The Labute approximate surface area is 121 Å². The third-order valence-electron chi connectivity index (χ3n) is 4.85. The van der Waals surface area contributed by atoms with Gasteiger partial charge in [0.25, 0.3) is 0 Å². The summed E-state index contributed by atoms with van der Waals surface area (Å²) in [6, 6.07) is 6.15. The van der Waals surface area contributed by atoms with E-state index >= 15 is 0 Å². The van der Waals surface area contributed by atoms with Crippen LogP contribution < -0.4 is 10.5 Å². The second-order valence-corrected chi connectivity index (χ2v) is 6.23. The molecule has 20 heavy (non-hydrogen) atoms. The van der Waals surface area contributed by atoms with Gasteiger partial charge in [0.05, 0.1) is 13.2 Å². The van der Waals surface area contributed by atoms with Crippen LogP contribution in [-0.2, 0) is 0 Å². The summed E-state index contributed by atoms with van der Waals surface area (Å²) >= 11 is 0. The lowest BCUT2D eigenvalue weighted by molar-refractivity contribution is 0.194. The molecule has 0 radical (unpaired) electrons. The summed E-state index contributed by atoms with van der Waals surface area (Å²) in [4.78, 5) is 0. The third-order valence-corrected chi connectivity index (χ3v) is 4.85. The first-order valence-electron chi connectivity index (χ1n) is 7.68. The van der Waals surface area contributed by atoms with Crippen LogP contribution in [0.2, 0.25) is 0 Å². The van der Waals surface area contributed by atoms with Crippen molar-refractivity contribution in [1.29, 1.82) is 0 Å². The van der Waals surface area contributed by atoms with Gasteiger partial charge in [0.15, 0.2) is 0 Å². The molecule has 0 amide bonds. The lowest BCUT2D eigenvalue weighted by atomic mass is 9.89. The Morgan fingerprint density at radius 1 is 1.30 bits per heavy atom. The van der Waals surface area contributed by atoms with Crippen molar-refractivity contribution < 1.29 is 4.74 Å². The summed E-state index contributed by atoms with van der Waals surface area (Å²) in [7, 11) is 0. The molecule has 0 aliphatic heterocycles. The van der Waals surface area contributed by atoms with Gasteiger partial charge in [0.2, 0.25) is 0 Å². The maximum Gasteiger partial charge on any atom is 0.122 e. The minimum Gasteiger partial charge on any atom is -0.493 e. The topological polar surface area (TPSA) is 35.2 Å². The van der Waals surface area contributed by atoms with Crippen LogP contribution in [0.1, 0.15) is 36.8 Å². The fourth-order valence-electron chi connectivity index (χ4n) is 3.82. The van der Waals surface area contributed by atoms with Crippen LogP contribution in [0.25, 0.3) is 0 Å². The molecule has 2 saturated carbocycles. The van der Waals surface area contributed by atoms with Gasteiger partial charge in [-0.15, -0.1) is 0 Å². The van der Waals surface area contributed by atoms with E-state index in [9.17, 15) is 0 Å². The molecule has 0 spiro atoms. The van der Waals surface area contributed by atoms with Gasteiger partial charge in [-0.1, -0.05) is 18.3 Å². The largest absolute Gasteiger partial charge is 0.493 e. The van der Waals surface area contributed by atoms with E-state index in [1.165, 1.54) is 25.7 Å². The van der Waals surface area contributed by atoms with Crippen LogP contribution in [0.5, 0.6) is 5.75 Å². The molecule has 1 aromatic rings. The number of fused-ring (bicyclic) bond motifs is 2. The minimum absolute atomic E-state index is 0.404. The number of aryl methyl sites for hydroxylation is 1. The molecule has 106 valence electrons. The first-order valence-corrected chi connectivity index (χ1v) is 7.68. The molecule has 0 heterocycles. The molecule has 2 bridgehead atoms. The zero-order valence-corrected chi connectivity index (χ0v) is 12.2. The van der Waals surface area contributed by atoms with Crippen molar-refractivity contribution in [3.05, 3.63) is 29.3 Å². The van der Waals surface area contributed by atoms with Gasteiger partial charge in [-0.2, -0.15) is 0 Å². The van der Waals surface area contributed by atoms with Crippen LogP contribution >= 0.6 is 0 Å². The number of hydrogen-bond donors (Lipinski definition) is 1. The average molecular weight is 269 g/mol. The molecular formula is C18H23NO. The van der Waals surface area contributed by atoms with Crippen molar-refractivity contribution in [2.24, 2.45) is 23.5 Å². The predicted molar refractivity (Wildman–Crippen MR) is 81.5 cm³/mol. The summed E-state index contributed by atoms with van der Waals surface area (Å²) in [6.07, 6.45) is 5.70.